The maximum Gasteiger partial charge on any atom is 0.495 e. The Morgan fingerprint density at radius 3 is 2.45 bits per heavy atom. The van der Waals surface area contributed by atoms with Gasteiger partial charge >= 0.3 is 7.12 Å². The number of nitrogens with one attached hydrogen (secondary N) is 1. The van der Waals surface area contributed by atoms with Crippen LogP contribution in [0.3, 0.4) is 0 Å². The van der Waals surface area contributed by atoms with E-state index in [-0.39, 0.29) is 5.56 Å². The minimum atomic E-state index is -0.585. The number of pyridine rings is 2. The zero-order valence-corrected chi connectivity index (χ0v) is 20.2. The largest absolute Gasteiger partial charge is 0.495 e. The van der Waals surface area contributed by atoms with Gasteiger partial charge in [-0.25, -0.2) is 4.98 Å². The van der Waals surface area contributed by atoms with Crippen LogP contribution < -0.4 is 21.2 Å². The van der Waals surface area contributed by atoms with Gasteiger partial charge in [0.15, 0.2) is 0 Å². The molecule has 2 aliphatic heterocycles. The molecule has 4 rings (SSSR count). The van der Waals surface area contributed by atoms with Crippen LogP contribution in [0.2, 0.25) is 0 Å². The summed E-state index contributed by atoms with van der Waals surface area (Å²) in [6.07, 6.45) is 3.60. The summed E-state index contributed by atoms with van der Waals surface area (Å²) in [5.41, 5.74) is 1.72. The maximum absolute atomic E-state index is 12.7. The number of anilines is 3. The van der Waals surface area contributed by atoms with Crippen LogP contribution in [0.15, 0.2) is 35.4 Å². The van der Waals surface area contributed by atoms with E-state index >= 15 is 0 Å². The minimum Gasteiger partial charge on any atom is -0.410 e. The first kappa shape index (κ1) is 23.8. The lowest BCUT2D eigenvalue weighted by molar-refractivity contribution is -0.0660. The van der Waals surface area contributed by atoms with Crippen LogP contribution in [0.25, 0.3) is 0 Å². The van der Waals surface area contributed by atoms with E-state index in [2.05, 4.69) is 20.1 Å². The van der Waals surface area contributed by atoms with E-state index in [1.165, 1.54) is 4.57 Å². The van der Waals surface area contributed by atoms with Gasteiger partial charge in [0.2, 0.25) is 0 Å². The topological polar surface area (TPSA) is 81.1 Å². The number of aryl methyl sites for hydroxylation is 1. The molecule has 2 aromatic rings. The van der Waals surface area contributed by atoms with Crippen molar-refractivity contribution in [3.05, 3.63) is 40.9 Å². The van der Waals surface area contributed by atoms with Crippen LogP contribution in [-0.2, 0) is 21.1 Å². The zero-order chi connectivity index (χ0) is 23.6. The molecular formula is C23H34BN5O4. The molecular weight excluding hydrogens is 421 g/mol. The molecule has 0 unspecified atom stereocenters. The predicted molar refractivity (Wildman–Crippen MR) is 131 cm³/mol. The molecule has 10 heteroatoms. The Hall–Kier alpha value is -2.40. The summed E-state index contributed by atoms with van der Waals surface area (Å²) < 4.78 is 18.4. The van der Waals surface area contributed by atoms with Crippen LogP contribution in [0.1, 0.15) is 20.8 Å². The van der Waals surface area contributed by atoms with Crippen molar-refractivity contribution < 1.29 is 14.0 Å². The van der Waals surface area contributed by atoms with Gasteiger partial charge in [0.25, 0.3) is 5.56 Å². The molecule has 4 heterocycles. The second kappa shape index (κ2) is 9.84. The molecule has 0 aromatic carbocycles. The molecule has 2 fully saturated rings. The highest BCUT2D eigenvalue weighted by molar-refractivity contribution is 6.61. The van der Waals surface area contributed by atoms with Crippen molar-refractivity contribution in [3.63, 3.8) is 0 Å². The van der Waals surface area contributed by atoms with Crippen molar-refractivity contribution in [1.29, 1.82) is 0 Å². The number of ether oxygens (including phenoxy) is 1. The standard InChI is InChI=1S/C23H34BN5O4/c1-23(2,3)33-24(31-5)17-12-20(22(30)27(4)14-17)26-21-7-6-18(13-25-21)28-8-10-29(11-9-28)19-15-32-16-19/h6-7,12-14,19H,8-11,15-16H2,1-5H3,(H,25,26). The summed E-state index contributed by atoms with van der Waals surface area (Å²) in [6, 6.07) is 6.31. The normalized spacial score (nSPS) is 17.7. The first-order chi connectivity index (χ1) is 15.7. The SMILES string of the molecule is COB(OC(C)(C)C)c1cc(Nc2ccc(N3CCN(C4COC4)CC3)cn2)c(=O)n(C)c1. The van der Waals surface area contributed by atoms with Crippen molar-refractivity contribution >= 4 is 29.8 Å². The first-order valence-electron chi connectivity index (χ1n) is 11.4. The van der Waals surface area contributed by atoms with Gasteiger partial charge < -0.3 is 28.8 Å². The van der Waals surface area contributed by atoms with Crippen molar-refractivity contribution in [2.75, 3.05) is 56.7 Å². The summed E-state index contributed by atoms with van der Waals surface area (Å²) in [4.78, 5) is 22.1. The second-order valence-corrected chi connectivity index (χ2v) is 9.64. The maximum atomic E-state index is 12.7. The first-order valence-corrected chi connectivity index (χ1v) is 11.4. The van der Waals surface area contributed by atoms with Gasteiger partial charge in [-0.2, -0.15) is 0 Å². The number of piperazine rings is 1. The molecule has 2 aromatic heterocycles. The Morgan fingerprint density at radius 1 is 1.18 bits per heavy atom. The average Bonchev–Trinajstić information content (AvgIpc) is 2.74. The van der Waals surface area contributed by atoms with Crippen LogP contribution in [-0.4, -0.2) is 79.7 Å². The van der Waals surface area contributed by atoms with Crippen molar-refractivity contribution in [1.82, 2.24) is 14.5 Å². The molecule has 0 spiro atoms. The van der Waals surface area contributed by atoms with Crippen molar-refractivity contribution in [3.8, 4) is 0 Å². The van der Waals surface area contributed by atoms with Crippen LogP contribution >= 0.6 is 0 Å². The van der Waals surface area contributed by atoms with Gasteiger partial charge in [-0.15, -0.1) is 0 Å². The van der Waals surface area contributed by atoms with Crippen LogP contribution in [0.5, 0.6) is 0 Å². The fraction of sp³-hybridized carbons (Fsp3) is 0.565. The smallest absolute Gasteiger partial charge is 0.410 e. The third kappa shape index (κ3) is 5.76. The van der Waals surface area contributed by atoms with Gasteiger partial charge in [0.1, 0.15) is 11.5 Å². The van der Waals surface area contributed by atoms with Crippen molar-refractivity contribution in [2.45, 2.75) is 32.4 Å². The van der Waals surface area contributed by atoms with Gasteiger partial charge in [-0.3, -0.25) is 9.69 Å². The van der Waals surface area contributed by atoms with Gasteiger partial charge in [-0.1, -0.05) is 0 Å². The average molecular weight is 455 g/mol. The lowest BCUT2D eigenvalue weighted by Gasteiger charge is -2.43. The summed E-state index contributed by atoms with van der Waals surface area (Å²) >= 11 is 0. The number of hydrogen-bond acceptors (Lipinski definition) is 8. The summed E-state index contributed by atoms with van der Waals surface area (Å²) in [6.45, 7) is 11.6. The van der Waals surface area contributed by atoms with E-state index in [9.17, 15) is 4.79 Å². The Morgan fingerprint density at radius 2 is 1.91 bits per heavy atom. The molecule has 0 atom stereocenters. The molecule has 0 amide bonds. The lowest BCUT2D eigenvalue weighted by atomic mass is 9.78. The highest BCUT2D eigenvalue weighted by Crippen LogP contribution is 2.21. The summed E-state index contributed by atoms with van der Waals surface area (Å²) in [5, 5.41) is 3.17. The molecule has 178 valence electrons. The number of nitrogens with zero attached hydrogens (tertiary/aromatic N) is 4. The molecule has 9 nitrogen and oxygen atoms in total. The molecule has 2 saturated heterocycles. The van der Waals surface area contributed by atoms with E-state index in [0.717, 1.165) is 50.5 Å². The Balaban J connectivity index is 1.44. The van der Waals surface area contributed by atoms with Crippen molar-refractivity contribution in [2.24, 2.45) is 7.05 Å². The Bertz CT molecular complexity index is 995. The van der Waals surface area contributed by atoms with E-state index in [4.69, 9.17) is 14.0 Å². The van der Waals surface area contributed by atoms with Gasteiger partial charge in [-0.05, 0) is 39.0 Å². The van der Waals surface area contributed by atoms with Gasteiger partial charge in [0, 0.05) is 57.6 Å². The summed E-state index contributed by atoms with van der Waals surface area (Å²) in [7, 11) is 2.72. The van der Waals surface area contributed by atoms with E-state index in [1.807, 2.05) is 39.1 Å². The van der Waals surface area contributed by atoms with Gasteiger partial charge in [0.05, 0.1) is 31.1 Å². The monoisotopic (exact) mass is 455 g/mol. The predicted octanol–water partition coefficient (Wildman–Crippen LogP) is 1.20. The quantitative estimate of drug-likeness (QED) is 0.624. The zero-order valence-electron chi connectivity index (χ0n) is 20.2. The molecule has 2 aliphatic rings. The third-order valence-electron chi connectivity index (χ3n) is 5.98. The number of rotatable bonds is 7. The molecule has 0 saturated carbocycles. The Kier molecular flexibility index (Phi) is 7.09. The summed E-state index contributed by atoms with van der Waals surface area (Å²) in [5.74, 6) is 0.615. The molecule has 0 aliphatic carbocycles. The molecule has 33 heavy (non-hydrogen) atoms. The Labute approximate surface area is 195 Å². The van der Waals surface area contributed by atoms with Crippen LogP contribution in [0.4, 0.5) is 17.2 Å². The van der Waals surface area contributed by atoms with Crippen LogP contribution in [0, 0.1) is 0 Å². The fourth-order valence-electron chi connectivity index (χ4n) is 4.09. The molecule has 0 bridgehead atoms. The lowest BCUT2D eigenvalue weighted by Crippen LogP contribution is -2.56. The third-order valence-corrected chi connectivity index (χ3v) is 5.98. The second-order valence-electron chi connectivity index (χ2n) is 9.64. The molecule has 1 N–H and O–H groups in total. The van der Waals surface area contributed by atoms with E-state index in [0.29, 0.717) is 17.5 Å². The highest BCUT2D eigenvalue weighted by atomic mass is 16.6. The minimum absolute atomic E-state index is 0.147. The number of aromatic nitrogens is 2. The number of hydrogen-bond donors (Lipinski definition) is 1. The fourth-order valence-corrected chi connectivity index (χ4v) is 4.09. The molecule has 0 radical (unpaired) electrons. The van der Waals surface area contributed by atoms with E-state index < -0.39 is 12.7 Å². The van der Waals surface area contributed by atoms with E-state index in [1.54, 1.807) is 26.4 Å². The highest BCUT2D eigenvalue weighted by Gasteiger charge is 2.29.